The Morgan fingerprint density at radius 1 is 1.23 bits per heavy atom. The summed E-state index contributed by atoms with van der Waals surface area (Å²) in [5.41, 5.74) is 0.862. The lowest BCUT2D eigenvalue weighted by atomic mass is 10.3. The van der Waals surface area contributed by atoms with E-state index >= 15 is 0 Å². The van der Waals surface area contributed by atoms with Crippen LogP contribution in [0.15, 0.2) is 21.7 Å². The third-order valence-electron chi connectivity index (χ3n) is 3.49. The molecule has 8 heteroatoms. The number of hydrogen-bond donors (Lipinski definition) is 1. The highest BCUT2D eigenvalue weighted by atomic mass is 19.2. The molecule has 22 heavy (non-hydrogen) atoms. The number of rotatable bonds is 4. The molecule has 1 fully saturated rings. The Hall–Kier alpha value is -2.38. The number of furan rings is 1. The summed E-state index contributed by atoms with van der Waals surface area (Å²) in [5.74, 6) is -4.68. The summed E-state index contributed by atoms with van der Waals surface area (Å²) in [7, 11) is 0. The highest BCUT2D eigenvalue weighted by Crippen LogP contribution is 2.47. The van der Waals surface area contributed by atoms with Crippen LogP contribution < -0.4 is 5.43 Å². The monoisotopic (exact) mass is 313 g/mol. The second-order valence-electron chi connectivity index (χ2n) is 5.13. The maximum absolute atomic E-state index is 13.3. The number of pyridine rings is 1. The number of aromatic nitrogens is 1. The van der Waals surface area contributed by atoms with Crippen LogP contribution in [0.25, 0.3) is 0 Å². The van der Waals surface area contributed by atoms with Gasteiger partial charge < -0.3 is 4.42 Å². The maximum atomic E-state index is 13.3. The van der Waals surface area contributed by atoms with E-state index in [-0.39, 0.29) is 0 Å². The van der Waals surface area contributed by atoms with E-state index in [0.717, 1.165) is 18.4 Å². The fourth-order valence-corrected chi connectivity index (χ4v) is 2.10. The number of nitrogens with zero attached hydrogens (tertiary/aromatic N) is 2. The van der Waals surface area contributed by atoms with E-state index in [4.69, 9.17) is 4.42 Å². The molecule has 4 nitrogen and oxygen atoms in total. The molecule has 0 amide bonds. The first-order valence-corrected chi connectivity index (χ1v) is 6.56. The zero-order chi connectivity index (χ0) is 15.9. The molecule has 1 saturated carbocycles. The number of hydrogen-bond acceptors (Lipinski definition) is 4. The van der Waals surface area contributed by atoms with Crippen LogP contribution in [0.5, 0.6) is 0 Å². The van der Waals surface area contributed by atoms with Gasteiger partial charge in [-0.15, -0.1) is 0 Å². The average molecular weight is 313 g/mol. The summed E-state index contributed by atoms with van der Waals surface area (Å²) in [5, 5.41) is 3.52. The molecule has 1 aliphatic rings. The van der Waals surface area contributed by atoms with Crippen molar-refractivity contribution in [2.24, 2.45) is 11.0 Å². The molecule has 0 unspecified atom stereocenters. The predicted octanol–water partition coefficient (Wildman–Crippen LogP) is 3.80. The van der Waals surface area contributed by atoms with E-state index in [1.54, 1.807) is 12.1 Å². The molecule has 0 radical (unpaired) electrons. The normalized spacial score (nSPS) is 20.6. The Labute approximate surface area is 122 Å². The Kier molecular flexibility index (Phi) is 3.59. The van der Waals surface area contributed by atoms with Gasteiger partial charge in [0.05, 0.1) is 6.21 Å². The minimum atomic E-state index is -1.75. The summed E-state index contributed by atoms with van der Waals surface area (Å²) in [6.45, 7) is 2.10. The zero-order valence-electron chi connectivity index (χ0n) is 11.4. The summed E-state index contributed by atoms with van der Waals surface area (Å²) in [6.07, 6.45) is 2.21. The van der Waals surface area contributed by atoms with Crippen LogP contribution in [0.2, 0.25) is 0 Å². The average Bonchev–Trinajstić information content (AvgIpc) is 3.02. The first kappa shape index (κ1) is 14.6. The Balaban J connectivity index is 1.73. The molecule has 1 N–H and O–H groups in total. The molecule has 2 atom stereocenters. The summed E-state index contributed by atoms with van der Waals surface area (Å²) in [4.78, 5) is 2.44. The highest BCUT2D eigenvalue weighted by Gasteiger charge is 2.36. The van der Waals surface area contributed by atoms with Gasteiger partial charge in [0.25, 0.3) is 11.9 Å². The van der Waals surface area contributed by atoms with Gasteiger partial charge in [-0.1, -0.05) is 6.92 Å². The van der Waals surface area contributed by atoms with Crippen molar-refractivity contribution in [3.63, 3.8) is 0 Å². The fourth-order valence-electron chi connectivity index (χ4n) is 2.10. The van der Waals surface area contributed by atoms with Crippen LogP contribution in [0, 0.1) is 29.4 Å². The molecule has 0 aliphatic heterocycles. The summed E-state index contributed by atoms with van der Waals surface area (Å²) < 4.78 is 57.9. The highest BCUT2D eigenvalue weighted by molar-refractivity contribution is 5.76. The summed E-state index contributed by atoms with van der Waals surface area (Å²) in [6, 6.07) is 3.44. The van der Waals surface area contributed by atoms with Crippen molar-refractivity contribution in [1.82, 2.24) is 4.98 Å². The van der Waals surface area contributed by atoms with E-state index in [9.17, 15) is 17.6 Å². The molecule has 1 aliphatic carbocycles. The molecule has 116 valence electrons. The van der Waals surface area contributed by atoms with Crippen LogP contribution >= 0.6 is 0 Å². The third-order valence-corrected chi connectivity index (χ3v) is 3.49. The molecule has 2 aromatic heterocycles. The van der Waals surface area contributed by atoms with Crippen LogP contribution in [0.1, 0.15) is 30.8 Å². The van der Waals surface area contributed by atoms with E-state index in [1.165, 1.54) is 0 Å². The lowest BCUT2D eigenvalue weighted by Crippen LogP contribution is -2.05. The molecule has 0 bridgehead atoms. The maximum Gasteiger partial charge on any atom is 0.254 e. The molecular weight excluding hydrogens is 302 g/mol. The standard InChI is InChI=1S/C14H11F4N3O/c1-6-4-8(6)9-3-2-7(22-9)5-19-21-12-10(15)13(17)20-14(18)11(12)16/h2-3,5-6,8H,4H2,1H3,(H,20,21)/b19-5-/t6-,8+/m0/s1. The Morgan fingerprint density at radius 3 is 2.45 bits per heavy atom. The van der Waals surface area contributed by atoms with Gasteiger partial charge >= 0.3 is 0 Å². The Morgan fingerprint density at radius 2 is 1.86 bits per heavy atom. The van der Waals surface area contributed by atoms with Gasteiger partial charge in [0.15, 0.2) is 0 Å². The van der Waals surface area contributed by atoms with Crippen molar-refractivity contribution >= 4 is 11.9 Å². The van der Waals surface area contributed by atoms with Gasteiger partial charge in [-0.3, -0.25) is 5.43 Å². The van der Waals surface area contributed by atoms with Crippen molar-refractivity contribution in [3.05, 3.63) is 47.2 Å². The van der Waals surface area contributed by atoms with Crippen molar-refractivity contribution in [1.29, 1.82) is 0 Å². The number of anilines is 1. The second kappa shape index (κ2) is 5.43. The van der Waals surface area contributed by atoms with E-state index < -0.39 is 29.2 Å². The first-order valence-electron chi connectivity index (χ1n) is 6.56. The molecule has 2 aromatic rings. The van der Waals surface area contributed by atoms with Crippen LogP contribution in [0.3, 0.4) is 0 Å². The van der Waals surface area contributed by atoms with Crippen molar-refractivity contribution in [3.8, 4) is 0 Å². The van der Waals surface area contributed by atoms with Gasteiger partial charge in [0.1, 0.15) is 17.2 Å². The second-order valence-corrected chi connectivity index (χ2v) is 5.13. The SMILES string of the molecule is C[C@H]1C[C@H]1c1ccc(/C=N\Nc2c(F)c(F)nc(F)c2F)o1. The third kappa shape index (κ3) is 2.68. The largest absolute Gasteiger partial charge is 0.460 e. The van der Waals surface area contributed by atoms with Gasteiger partial charge in [-0.25, -0.2) is 0 Å². The van der Waals surface area contributed by atoms with Crippen LogP contribution in [-0.4, -0.2) is 11.2 Å². The first-order chi connectivity index (χ1) is 10.5. The minimum absolute atomic E-state index is 0.359. The quantitative estimate of drug-likeness (QED) is 0.404. The molecule has 0 aromatic carbocycles. The van der Waals surface area contributed by atoms with Crippen LogP contribution in [-0.2, 0) is 0 Å². The van der Waals surface area contributed by atoms with Crippen molar-refractivity contribution in [2.45, 2.75) is 19.3 Å². The van der Waals surface area contributed by atoms with Gasteiger partial charge in [-0.2, -0.15) is 27.6 Å². The molecule has 3 rings (SSSR count). The molecular formula is C14H11F4N3O. The van der Waals surface area contributed by atoms with Crippen LogP contribution in [0.4, 0.5) is 23.2 Å². The molecule has 0 spiro atoms. The van der Waals surface area contributed by atoms with E-state index in [1.807, 2.05) is 5.43 Å². The van der Waals surface area contributed by atoms with Crippen molar-refractivity contribution < 1.29 is 22.0 Å². The molecule has 2 heterocycles. The van der Waals surface area contributed by atoms with Gasteiger partial charge in [0, 0.05) is 5.92 Å². The fraction of sp³-hybridized carbons (Fsp3) is 0.286. The number of nitrogens with one attached hydrogen (secondary N) is 1. The topological polar surface area (TPSA) is 50.4 Å². The predicted molar refractivity (Wildman–Crippen MR) is 70.5 cm³/mol. The smallest absolute Gasteiger partial charge is 0.254 e. The molecule has 0 saturated heterocycles. The summed E-state index contributed by atoms with van der Waals surface area (Å²) >= 11 is 0. The van der Waals surface area contributed by atoms with Crippen molar-refractivity contribution in [2.75, 3.05) is 5.43 Å². The zero-order valence-corrected chi connectivity index (χ0v) is 11.4. The lowest BCUT2D eigenvalue weighted by molar-refractivity contribution is 0.411. The van der Waals surface area contributed by atoms with Gasteiger partial charge in [0.2, 0.25) is 11.6 Å². The minimum Gasteiger partial charge on any atom is -0.460 e. The Bertz CT molecular complexity index is 718. The number of hydrazone groups is 1. The van der Waals surface area contributed by atoms with E-state index in [0.29, 0.717) is 17.6 Å². The van der Waals surface area contributed by atoms with Gasteiger partial charge in [-0.05, 0) is 24.5 Å². The lowest BCUT2D eigenvalue weighted by Gasteiger charge is -2.04. The van der Waals surface area contributed by atoms with E-state index in [2.05, 4.69) is 17.0 Å². The number of halogens is 4.